The van der Waals surface area contributed by atoms with Crippen LogP contribution >= 0.6 is 0 Å². The first kappa shape index (κ1) is 20.8. The van der Waals surface area contributed by atoms with E-state index in [4.69, 9.17) is 4.74 Å². The van der Waals surface area contributed by atoms with Gasteiger partial charge in [-0.05, 0) is 45.2 Å². The average molecular weight is 375 g/mol. The Balaban J connectivity index is 3.00. The molecule has 2 N–H and O–H groups in total. The van der Waals surface area contributed by atoms with Crippen LogP contribution in [0.15, 0.2) is 12.1 Å². The molecule has 2 aromatic rings. The van der Waals surface area contributed by atoms with Gasteiger partial charge in [0, 0.05) is 28.7 Å². The zero-order chi connectivity index (χ0) is 20.7. The lowest BCUT2D eigenvalue weighted by Gasteiger charge is -2.23. The number of phenols is 1. The van der Waals surface area contributed by atoms with E-state index in [0.29, 0.717) is 28.7 Å². The fraction of sp³-hybridized carbons (Fsp3) is 0.524. The normalized spacial score (nSPS) is 12.4. The van der Waals surface area contributed by atoms with Crippen molar-refractivity contribution in [2.24, 2.45) is 5.41 Å². The van der Waals surface area contributed by atoms with Crippen molar-refractivity contribution >= 4 is 22.8 Å². The second-order valence-electron chi connectivity index (χ2n) is 8.61. The third-order valence-electron chi connectivity index (χ3n) is 4.74. The van der Waals surface area contributed by atoms with Gasteiger partial charge in [0.2, 0.25) is 0 Å². The summed E-state index contributed by atoms with van der Waals surface area (Å²) in [6.07, 6.45) is 0. The van der Waals surface area contributed by atoms with E-state index in [0.717, 1.165) is 0 Å². The molecule has 0 atom stereocenters. The van der Waals surface area contributed by atoms with Crippen molar-refractivity contribution in [3.8, 4) is 5.75 Å². The molecule has 0 spiro atoms. The van der Waals surface area contributed by atoms with Gasteiger partial charge >= 0.3 is 11.9 Å². The highest BCUT2D eigenvalue weighted by Crippen LogP contribution is 2.42. The van der Waals surface area contributed by atoms with Crippen LogP contribution in [-0.4, -0.2) is 33.3 Å². The monoisotopic (exact) mass is 375 g/mol. The maximum absolute atomic E-state index is 12.8. The highest BCUT2D eigenvalue weighted by molar-refractivity contribution is 6.09. The van der Waals surface area contributed by atoms with Crippen molar-refractivity contribution in [3.05, 3.63) is 29.0 Å². The number of carboxylic acids is 1. The largest absolute Gasteiger partial charge is 0.508 e. The summed E-state index contributed by atoms with van der Waals surface area (Å²) in [7, 11) is 0. The molecule has 6 heteroatoms. The third kappa shape index (κ3) is 3.66. The number of carboxylic acid groups (broad SMARTS) is 1. The van der Waals surface area contributed by atoms with Gasteiger partial charge in [0.1, 0.15) is 5.75 Å². The van der Waals surface area contributed by atoms with Crippen molar-refractivity contribution in [2.75, 3.05) is 6.61 Å². The van der Waals surface area contributed by atoms with E-state index in [-0.39, 0.29) is 23.3 Å². The molecule has 0 fully saturated rings. The van der Waals surface area contributed by atoms with Crippen molar-refractivity contribution in [1.82, 2.24) is 4.57 Å². The number of aliphatic carboxylic acids is 1. The molecular weight excluding hydrogens is 346 g/mol. The molecule has 0 saturated heterocycles. The van der Waals surface area contributed by atoms with Crippen LogP contribution in [0.1, 0.15) is 63.2 Å². The number of esters is 1. The quantitative estimate of drug-likeness (QED) is 0.763. The third-order valence-corrected chi connectivity index (χ3v) is 4.74. The summed E-state index contributed by atoms with van der Waals surface area (Å²) in [5.74, 6) is -1.74. The fourth-order valence-electron chi connectivity index (χ4n) is 3.43. The van der Waals surface area contributed by atoms with Crippen LogP contribution < -0.4 is 0 Å². The van der Waals surface area contributed by atoms with Crippen LogP contribution in [0.4, 0.5) is 0 Å². The Morgan fingerprint density at radius 1 is 1.15 bits per heavy atom. The van der Waals surface area contributed by atoms with Gasteiger partial charge in [0.05, 0.1) is 17.6 Å². The van der Waals surface area contributed by atoms with Crippen LogP contribution in [0.5, 0.6) is 5.75 Å². The number of rotatable bonds is 5. The standard InChI is InChI=1S/C21H29NO5/c1-8-27-18(24)15-12(2)22(11-20(3,4)5)13-9-10-14(23)17(16(13)15)21(6,7)19(25)26/h9-10,23H,8,11H2,1-7H3,(H,25,26). The summed E-state index contributed by atoms with van der Waals surface area (Å²) in [5, 5.41) is 20.7. The molecule has 148 valence electrons. The second-order valence-corrected chi connectivity index (χ2v) is 8.61. The first-order valence-corrected chi connectivity index (χ1v) is 9.08. The van der Waals surface area contributed by atoms with Gasteiger partial charge in [-0.2, -0.15) is 0 Å². The van der Waals surface area contributed by atoms with Crippen LogP contribution in [0, 0.1) is 12.3 Å². The molecule has 6 nitrogen and oxygen atoms in total. The Labute approximate surface area is 159 Å². The number of phenolic OH excluding ortho intramolecular Hbond substituents is 1. The smallest absolute Gasteiger partial charge is 0.340 e. The Morgan fingerprint density at radius 2 is 1.74 bits per heavy atom. The average Bonchev–Trinajstić information content (AvgIpc) is 2.77. The van der Waals surface area contributed by atoms with Gasteiger partial charge in [0.25, 0.3) is 0 Å². The molecule has 0 aliphatic carbocycles. The minimum Gasteiger partial charge on any atom is -0.508 e. The number of nitrogens with zero attached hydrogens (tertiary/aromatic N) is 1. The number of ether oxygens (including phenoxy) is 1. The van der Waals surface area contributed by atoms with Crippen molar-refractivity contribution < 1.29 is 24.5 Å². The summed E-state index contributed by atoms with van der Waals surface area (Å²) in [4.78, 5) is 24.7. The highest BCUT2D eigenvalue weighted by Gasteiger charge is 2.37. The van der Waals surface area contributed by atoms with Crippen molar-refractivity contribution in [2.45, 2.75) is 60.4 Å². The van der Waals surface area contributed by atoms with E-state index >= 15 is 0 Å². The van der Waals surface area contributed by atoms with Gasteiger partial charge in [-0.3, -0.25) is 4.79 Å². The van der Waals surface area contributed by atoms with Gasteiger partial charge in [-0.1, -0.05) is 20.8 Å². The molecule has 0 bridgehead atoms. The predicted octanol–water partition coefficient (Wildman–Crippen LogP) is 4.24. The van der Waals surface area contributed by atoms with Gasteiger partial charge < -0.3 is 19.5 Å². The molecular formula is C21H29NO5. The molecule has 0 amide bonds. The number of hydrogen-bond acceptors (Lipinski definition) is 4. The number of aromatic hydroxyl groups is 1. The van der Waals surface area contributed by atoms with E-state index in [1.807, 2.05) is 11.5 Å². The first-order chi connectivity index (χ1) is 12.3. The second kappa shape index (κ2) is 6.91. The maximum atomic E-state index is 12.8. The predicted molar refractivity (Wildman–Crippen MR) is 104 cm³/mol. The number of benzene rings is 1. The van der Waals surface area contributed by atoms with Gasteiger partial charge in [0.15, 0.2) is 0 Å². The van der Waals surface area contributed by atoms with Crippen LogP contribution in [0.25, 0.3) is 10.9 Å². The number of carbonyl (C=O) groups excluding carboxylic acids is 1. The lowest BCUT2D eigenvalue weighted by molar-refractivity contribution is -0.142. The van der Waals surface area contributed by atoms with E-state index in [1.165, 1.54) is 19.9 Å². The minimum atomic E-state index is -1.38. The molecule has 0 radical (unpaired) electrons. The SMILES string of the molecule is CCOC(=O)c1c(C)n(CC(C)(C)C)c2ccc(O)c(C(C)(C)C(=O)O)c12. The molecule has 0 unspecified atom stereocenters. The van der Waals surface area contributed by atoms with E-state index in [2.05, 4.69) is 20.8 Å². The van der Waals surface area contributed by atoms with Crippen molar-refractivity contribution in [3.63, 3.8) is 0 Å². The van der Waals surface area contributed by atoms with Crippen LogP contribution in [0.2, 0.25) is 0 Å². The van der Waals surface area contributed by atoms with E-state index < -0.39 is 17.4 Å². The summed E-state index contributed by atoms with van der Waals surface area (Å²) in [5.41, 5.74) is 0.510. The van der Waals surface area contributed by atoms with Crippen LogP contribution in [0.3, 0.4) is 0 Å². The summed E-state index contributed by atoms with van der Waals surface area (Å²) < 4.78 is 7.25. The molecule has 0 aliphatic rings. The van der Waals surface area contributed by atoms with E-state index in [1.54, 1.807) is 13.0 Å². The van der Waals surface area contributed by atoms with E-state index in [9.17, 15) is 19.8 Å². The topological polar surface area (TPSA) is 88.8 Å². The lowest BCUT2D eigenvalue weighted by atomic mass is 9.81. The minimum absolute atomic E-state index is 0.0665. The Hall–Kier alpha value is -2.50. The zero-order valence-corrected chi connectivity index (χ0v) is 17.1. The number of carbonyl (C=O) groups is 2. The zero-order valence-electron chi connectivity index (χ0n) is 17.1. The molecule has 27 heavy (non-hydrogen) atoms. The number of aromatic nitrogens is 1. The van der Waals surface area contributed by atoms with Gasteiger partial charge in [-0.25, -0.2) is 4.79 Å². The Kier molecular flexibility index (Phi) is 5.32. The number of hydrogen-bond donors (Lipinski definition) is 2. The Morgan fingerprint density at radius 3 is 2.22 bits per heavy atom. The van der Waals surface area contributed by atoms with Crippen molar-refractivity contribution in [1.29, 1.82) is 0 Å². The molecule has 0 aliphatic heterocycles. The summed E-state index contributed by atoms with van der Waals surface area (Å²) >= 11 is 0. The molecule has 0 saturated carbocycles. The lowest BCUT2D eigenvalue weighted by Crippen LogP contribution is -2.29. The summed E-state index contributed by atoms with van der Waals surface area (Å²) in [6, 6.07) is 3.23. The fourth-order valence-corrected chi connectivity index (χ4v) is 3.43. The van der Waals surface area contributed by atoms with Gasteiger partial charge in [-0.15, -0.1) is 0 Å². The maximum Gasteiger partial charge on any atom is 0.340 e. The first-order valence-electron chi connectivity index (χ1n) is 9.08. The molecule has 2 rings (SSSR count). The molecule has 1 heterocycles. The number of fused-ring (bicyclic) bond motifs is 1. The molecule has 1 aromatic heterocycles. The Bertz CT molecular complexity index is 900. The highest BCUT2D eigenvalue weighted by atomic mass is 16.5. The molecule has 1 aromatic carbocycles. The summed E-state index contributed by atoms with van der Waals surface area (Å²) in [6.45, 7) is 13.7. The van der Waals surface area contributed by atoms with Crippen LogP contribution in [-0.2, 0) is 21.5 Å².